The normalized spacial score (nSPS) is 13.9. The zero-order valence-corrected chi connectivity index (χ0v) is 19.2. The highest BCUT2D eigenvalue weighted by Crippen LogP contribution is 2.29. The number of benzene rings is 3. The minimum absolute atomic E-state index is 0.384. The maximum atomic E-state index is 11.8. The smallest absolute Gasteiger partial charge is 0.248 e. The number of amides is 1. The van der Waals surface area contributed by atoms with E-state index in [1.807, 2.05) is 30.3 Å². The third kappa shape index (κ3) is 5.44. The van der Waals surface area contributed by atoms with Crippen LogP contribution in [0.3, 0.4) is 0 Å². The van der Waals surface area contributed by atoms with Gasteiger partial charge in [-0.3, -0.25) is 9.69 Å². The molecule has 1 amide bonds. The predicted molar refractivity (Wildman–Crippen MR) is 132 cm³/mol. The van der Waals surface area contributed by atoms with Crippen molar-refractivity contribution in [3.05, 3.63) is 101 Å². The second-order valence-corrected chi connectivity index (χ2v) is 8.29. The van der Waals surface area contributed by atoms with Crippen molar-refractivity contribution >= 4 is 11.5 Å². The molecule has 0 saturated carbocycles. The van der Waals surface area contributed by atoms with Gasteiger partial charge in [0.15, 0.2) is 0 Å². The van der Waals surface area contributed by atoms with Crippen molar-refractivity contribution in [1.29, 1.82) is 0 Å². The topological polar surface area (TPSA) is 64.8 Å². The van der Waals surface area contributed by atoms with E-state index in [-0.39, 0.29) is 5.91 Å². The molecule has 1 aliphatic rings. The van der Waals surface area contributed by atoms with Gasteiger partial charge in [-0.1, -0.05) is 54.6 Å². The van der Waals surface area contributed by atoms with Crippen LogP contribution in [-0.4, -0.2) is 38.1 Å². The number of primary amides is 1. The number of rotatable bonds is 8. The molecule has 0 spiro atoms. The fourth-order valence-corrected chi connectivity index (χ4v) is 4.36. The maximum absolute atomic E-state index is 11.8. The molecule has 3 aromatic rings. The van der Waals surface area contributed by atoms with E-state index < -0.39 is 0 Å². The van der Waals surface area contributed by atoms with E-state index in [1.54, 1.807) is 20.3 Å². The van der Waals surface area contributed by atoms with E-state index in [1.165, 1.54) is 16.7 Å². The number of nitrogens with zero attached hydrogens (tertiary/aromatic N) is 1. The molecule has 0 bridgehead atoms. The highest BCUT2D eigenvalue weighted by atomic mass is 16.5. The summed E-state index contributed by atoms with van der Waals surface area (Å²) >= 11 is 0. The Morgan fingerprint density at radius 1 is 0.970 bits per heavy atom. The van der Waals surface area contributed by atoms with Gasteiger partial charge in [0.05, 0.1) is 14.2 Å². The Hall–Kier alpha value is -3.57. The van der Waals surface area contributed by atoms with Crippen LogP contribution < -0.4 is 15.2 Å². The number of hydrogen-bond acceptors (Lipinski definition) is 4. The lowest BCUT2D eigenvalue weighted by Gasteiger charge is -2.27. The van der Waals surface area contributed by atoms with E-state index in [2.05, 4.69) is 41.3 Å². The molecule has 3 aromatic carbocycles. The molecule has 0 aromatic heterocycles. The minimum Gasteiger partial charge on any atom is -0.497 e. The van der Waals surface area contributed by atoms with Gasteiger partial charge in [0.1, 0.15) is 11.5 Å². The quantitative estimate of drug-likeness (QED) is 0.550. The zero-order valence-electron chi connectivity index (χ0n) is 19.2. The first-order valence-corrected chi connectivity index (χ1v) is 11.2. The molecule has 5 heteroatoms. The van der Waals surface area contributed by atoms with Crippen molar-refractivity contribution in [3.63, 3.8) is 0 Å². The number of carbonyl (C=O) groups excluding carboxylic acids is 1. The number of ether oxygens (including phenoxy) is 2. The van der Waals surface area contributed by atoms with Crippen molar-refractivity contribution < 1.29 is 14.3 Å². The van der Waals surface area contributed by atoms with Crippen LogP contribution in [0, 0.1) is 0 Å². The molecule has 1 heterocycles. The van der Waals surface area contributed by atoms with E-state index in [9.17, 15) is 4.79 Å². The van der Waals surface area contributed by atoms with Crippen molar-refractivity contribution in [2.75, 3.05) is 27.3 Å². The van der Waals surface area contributed by atoms with E-state index in [4.69, 9.17) is 15.2 Å². The summed E-state index contributed by atoms with van der Waals surface area (Å²) in [5.74, 6) is 1.27. The van der Waals surface area contributed by atoms with E-state index >= 15 is 0 Å². The molecule has 33 heavy (non-hydrogen) atoms. The summed E-state index contributed by atoms with van der Waals surface area (Å²) in [4.78, 5) is 14.2. The van der Waals surface area contributed by atoms with Gasteiger partial charge in [0, 0.05) is 36.8 Å². The van der Waals surface area contributed by atoms with Crippen molar-refractivity contribution in [3.8, 4) is 11.5 Å². The molecule has 5 nitrogen and oxygen atoms in total. The molecule has 0 saturated heterocycles. The van der Waals surface area contributed by atoms with Gasteiger partial charge < -0.3 is 15.2 Å². The molecule has 0 unspecified atom stereocenters. The molecular formula is C28H30N2O3. The van der Waals surface area contributed by atoms with Gasteiger partial charge in [-0.2, -0.15) is 0 Å². The lowest BCUT2D eigenvalue weighted by atomic mass is 9.94. The summed E-state index contributed by atoms with van der Waals surface area (Å²) in [7, 11) is 3.36. The summed E-state index contributed by atoms with van der Waals surface area (Å²) in [6.45, 7) is 2.70. The van der Waals surface area contributed by atoms with Crippen molar-refractivity contribution in [2.24, 2.45) is 5.73 Å². The molecule has 0 aliphatic carbocycles. The van der Waals surface area contributed by atoms with Gasteiger partial charge in [-0.05, 0) is 47.2 Å². The molecular weight excluding hydrogens is 412 g/mol. The summed E-state index contributed by atoms with van der Waals surface area (Å²) in [6, 6.07) is 22.1. The zero-order chi connectivity index (χ0) is 23.2. The van der Waals surface area contributed by atoms with Crippen LogP contribution in [0.25, 0.3) is 5.57 Å². The SMILES string of the molecule is COc1ccc(CN2CC=C(c3cccc(Cc4ccccc4C(N)=O)c3)CC2)c(OC)c1. The number of carbonyl (C=O) groups is 1. The lowest BCUT2D eigenvalue weighted by Crippen LogP contribution is -2.28. The summed E-state index contributed by atoms with van der Waals surface area (Å²) < 4.78 is 10.9. The number of hydrogen-bond donors (Lipinski definition) is 1. The molecule has 0 atom stereocenters. The van der Waals surface area contributed by atoms with Gasteiger partial charge >= 0.3 is 0 Å². The lowest BCUT2D eigenvalue weighted by molar-refractivity contribution is 0.0999. The third-order valence-corrected chi connectivity index (χ3v) is 6.16. The monoisotopic (exact) mass is 442 g/mol. The van der Waals surface area contributed by atoms with Crippen molar-refractivity contribution in [2.45, 2.75) is 19.4 Å². The molecule has 1 aliphatic heterocycles. The minimum atomic E-state index is -0.384. The first kappa shape index (κ1) is 22.6. The van der Waals surface area contributed by atoms with Crippen LogP contribution >= 0.6 is 0 Å². The second-order valence-electron chi connectivity index (χ2n) is 8.29. The Labute approximate surface area is 195 Å². The summed E-state index contributed by atoms with van der Waals surface area (Å²) in [5, 5.41) is 0. The predicted octanol–water partition coefficient (Wildman–Crippen LogP) is 4.68. The first-order chi connectivity index (χ1) is 16.1. The second kappa shape index (κ2) is 10.4. The average molecular weight is 443 g/mol. The maximum Gasteiger partial charge on any atom is 0.248 e. The Morgan fingerprint density at radius 3 is 2.55 bits per heavy atom. The van der Waals surface area contributed by atoms with Gasteiger partial charge in [-0.25, -0.2) is 0 Å². The Bertz CT molecular complexity index is 1170. The molecule has 170 valence electrons. The molecule has 0 radical (unpaired) electrons. The van der Waals surface area contributed by atoms with Gasteiger partial charge in [0.2, 0.25) is 5.91 Å². The standard InChI is InChI=1S/C28H30N2O3/c1-32-25-11-10-24(27(18-25)33-2)19-30-14-12-21(13-15-30)22-8-5-6-20(16-22)17-23-7-3-4-9-26(23)28(29)31/h3-12,16,18H,13-15,17,19H2,1-2H3,(H2,29,31). The number of nitrogens with two attached hydrogens (primary N) is 1. The van der Waals surface area contributed by atoms with Crippen molar-refractivity contribution in [1.82, 2.24) is 4.90 Å². The summed E-state index contributed by atoms with van der Waals surface area (Å²) in [6.07, 6.45) is 3.99. The Morgan fingerprint density at radius 2 is 1.82 bits per heavy atom. The Kier molecular flexibility index (Phi) is 7.10. The molecule has 2 N–H and O–H groups in total. The largest absolute Gasteiger partial charge is 0.497 e. The van der Waals surface area contributed by atoms with Gasteiger partial charge in [0.25, 0.3) is 0 Å². The van der Waals surface area contributed by atoms with Gasteiger partial charge in [-0.15, -0.1) is 0 Å². The number of methoxy groups -OCH3 is 2. The van der Waals surface area contributed by atoms with Crippen LogP contribution in [0.5, 0.6) is 11.5 Å². The summed E-state index contributed by atoms with van der Waals surface area (Å²) in [5.41, 5.74) is 12.0. The Balaban J connectivity index is 1.45. The van der Waals surface area contributed by atoms with Crippen LogP contribution in [0.4, 0.5) is 0 Å². The van der Waals surface area contributed by atoms with E-state index in [0.717, 1.165) is 48.7 Å². The fourth-order valence-electron chi connectivity index (χ4n) is 4.36. The van der Waals surface area contributed by atoms with Crippen LogP contribution in [-0.2, 0) is 13.0 Å². The van der Waals surface area contributed by atoms with Crippen LogP contribution in [0.1, 0.15) is 39.0 Å². The molecule has 0 fully saturated rings. The van der Waals surface area contributed by atoms with Crippen LogP contribution in [0.15, 0.2) is 72.8 Å². The highest BCUT2D eigenvalue weighted by molar-refractivity contribution is 5.94. The van der Waals surface area contributed by atoms with Crippen LogP contribution in [0.2, 0.25) is 0 Å². The first-order valence-electron chi connectivity index (χ1n) is 11.2. The molecule has 4 rings (SSSR count). The third-order valence-electron chi connectivity index (χ3n) is 6.16. The average Bonchev–Trinajstić information content (AvgIpc) is 2.85. The van der Waals surface area contributed by atoms with E-state index in [0.29, 0.717) is 12.0 Å². The highest BCUT2D eigenvalue weighted by Gasteiger charge is 2.16. The fraction of sp³-hybridized carbons (Fsp3) is 0.250.